The highest BCUT2D eigenvalue weighted by Gasteiger charge is 2.28. The number of carbonyl (C=O) groups excluding carboxylic acids is 1. The molecule has 0 spiro atoms. The van der Waals surface area contributed by atoms with Crippen LogP contribution in [-0.4, -0.2) is 33.9 Å². The number of aryl methyl sites for hydroxylation is 2. The molecule has 2 aromatic rings. The Hall–Kier alpha value is -1.27. The number of carbonyl (C=O) groups is 1. The van der Waals surface area contributed by atoms with Gasteiger partial charge in [-0.2, -0.15) is 0 Å². The number of piperidine rings is 1. The number of hydrogen-bond acceptors (Lipinski definition) is 5. The Morgan fingerprint density at radius 2 is 2.25 bits per heavy atom. The lowest BCUT2D eigenvalue weighted by Crippen LogP contribution is -2.39. The second-order valence-corrected chi connectivity index (χ2v) is 7.29. The van der Waals surface area contributed by atoms with Gasteiger partial charge in [-0.1, -0.05) is 0 Å². The van der Waals surface area contributed by atoms with E-state index in [1.807, 2.05) is 18.0 Å². The average molecular weight is 307 g/mol. The van der Waals surface area contributed by atoms with Gasteiger partial charge in [0.2, 0.25) is 0 Å². The van der Waals surface area contributed by atoms with Gasteiger partial charge < -0.3 is 4.90 Å². The van der Waals surface area contributed by atoms with Crippen LogP contribution in [-0.2, 0) is 0 Å². The number of nitrogens with zero attached hydrogens (tertiary/aromatic N) is 3. The molecule has 1 saturated heterocycles. The van der Waals surface area contributed by atoms with E-state index in [-0.39, 0.29) is 5.91 Å². The minimum Gasteiger partial charge on any atom is -0.337 e. The summed E-state index contributed by atoms with van der Waals surface area (Å²) in [6.45, 7) is 5.60. The maximum absolute atomic E-state index is 12.5. The lowest BCUT2D eigenvalue weighted by Gasteiger charge is -2.31. The molecule has 1 aliphatic rings. The maximum atomic E-state index is 12.5. The highest BCUT2D eigenvalue weighted by Crippen LogP contribution is 2.30. The van der Waals surface area contributed by atoms with Gasteiger partial charge in [-0.05, 0) is 26.7 Å². The lowest BCUT2D eigenvalue weighted by atomic mass is 9.98. The zero-order valence-electron chi connectivity index (χ0n) is 11.6. The van der Waals surface area contributed by atoms with Crippen molar-refractivity contribution in [3.05, 3.63) is 32.2 Å². The Labute approximate surface area is 126 Å². The number of amides is 1. The average Bonchev–Trinajstić information content (AvgIpc) is 3.07. The molecule has 1 fully saturated rings. The maximum Gasteiger partial charge on any atom is 0.265 e. The van der Waals surface area contributed by atoms with Crippen molar-refractivity contribution in [3.63, 3.8) is 0 Å². The molecule has 20 heavy (non-hydrogen) atoms. The fourth-order valence-corrected chi connectivity index (χ4v) is 4.24. The van der Waals surface area contributed by atoms with Gasteiger partial charge in [0.05, 0.1) is 16.2 Å². The first-order valence-electron chi connectivity index (χ1n) is 6.77. The van der Waals surface area contributed by atoms with Crippen molar-refractivity contribution in [3.8, 4) is 0 Å². The topological polar surface area (TPSA) is 46.1 Å². The van der Waals surface area contributed by atoms with E-state index < -0.39 is 0 Å². The number of thiazole rings is 2. The Bertz CT molecular complexity index is 619. The van der Waals surface area contributed by atoms with E-state index in [9.17, 15) is 4.79 Å². The van der Waals surface area contributed by atoms with Gasteiger partial charge in [0.1, 0.15) is 4.88 Å². The molecule has 1 atom stereocenters. The minimum atomic E-state index is 0.128. The molecule has 3 rings (SSSR count). The lowest BCUT2D eigenvalue weighted by molar-refractivity contribution is 0.0711. The standard InChI is InChI=1S/C14H17N3OS2/c1-9-6-15-13(20-9)11-4-3-5-17(7-11)14(18)12-10(2)16-8-19-12/h6,8,11H,3-5,7H2,1-2H3/t11-/m0/s1. The van der Waals surface area contributed by atoms with Gasteiger partial charge in [-0.15, -0.1) is 22.7 Å². The van der Waals surface area contributed by atoms with Crippen LogP contribution < -0.4 is 0 Å². The van der Waals surface area contributed by atoms with Crippen molar-refractivity contribution in [1.82, 2.24) is 14.9 Å². The summed E-state index contributed by atoms with van der Waals surface area (Å²) in [5.74, 6) is 0.516. The molecule has 1 aliphatic heterocycles. The normalized spacial score (nSPS) is 19.3. The van der Waals surface area contributed by atoms with Crippen molar-refractivity contribution in [1.29, 1.82) is 0 Å². The third kappa shape index (κ3) is 2.62. The number of rotatable bonds is 2. The van der Waals surface area contributed by atoms with Crippen molar-refractivity contribution in [2.75, 3.05) is 13.1 Å². The van der Waals surface area contributed by atoms with E-state index in [0.29, 0.717) is 5.92 Å². The first-order chi connectivity index (χ1) is 9.65. The van der Waals surface area contributed by atoms with E-state index >= 15 is 0 Å². The highest BCUT2D eigenvalue weighted by molar-refractivity contribution is 7.12. The Morgan fingerprint density at radius 1 is 1.40 bits per heavy atom. The zero-order chi connectivity index (χ0) is 14.1. The fraction of sp³-hybridized carbons (Fsp3) is 0.500. The van der Waals surface area contributed by atoms with Crippen LogP contribution in [0.4, 0.5) is 0 Å². The summed E-state index contributed by atoms with van der Waals surface area (Å²) in [5, 5.41) is 1.17. The Morgan fingerprint density at radius 3 is 2.90 bits per heavy atom. The van der Waals surface area contributed by atoms with E-state index in [1.165, 1.54) is 21.2 Å². The summed E-state index contributed by atoms with van der Waals surface area (Å²) in [4.78, 5) is 25.2. The van der Waals surface area contributed by atoms with Gasteiger partial charge in [0, 0.05) is 30.1 Å². The minimum absolute atomic E-state index is 0.128. The largest absolute Gasteiger partial charge is 0.337 e. The van der Waals surface area contributed by atoms with Crippen molar-refractivity contribution >= 4 is 28.6 Å². The highest BCUT2D eigenvalue weighted by atomic mass is 32.1. The summed E-state index contributed by atoms with van der Waals surface area (Å²) in [7, 11) is 0. The van der Waals surface area contributed by atoms with Gasteiger partial charge in [-0.25, -0.2) is 9.97 Å². The molecular weight excluding hydrogens is 290 g/mol. The van der Waals surface area contributed by atoms with Gasteiger partial charge in [0.25, 0.3) is 5.91 Å². The van der Waals surface area contributed by atoms with Crippen molar-refractivity contribution in [2.45, 2.75) is 32.6 Å². The van der Waals surface area contributed by atoms with Gasteiger partial charge >= 0.3 is 0 Å². The van der Waals surface area contributed by atoms with E-state index in [4.69, 9.17) is 0 Å². The molecule has 0 bridgehead atoms. The van der Waals surface area contributed by atoms with E-state index in [0.717, 1.165) is 36.5 Å². The summed E-state index contributed by atoms with van der Waals surface area (Å²) in [5.41, 5.74) is 2.58. The molecule has 0 aliphatic carbocycles. The van der Waals surface area contributed by atoms with Crippen LogP contribution >= 0.6 is 22.7 Å². The summed E-state index contributed by atoms with van der Waals surface area (Å²) >= 11 is 3.19. The number of hydrogen-bond donors (Lipinski definition) is 0. The van der Waals surface area contributed by atoms with Crippen LogP contribution in [0.1, 0.15) is 44.0 Å². The quantitative estimate of drug-likeness (QED) is 0.855. The third-order valence-corrected chi connectivity index (χ3v) is 5.63. The molecular formula is C14H17N3OS2. The van der Waals surface area contributed by atoms with E-state index in [2.05, 4.69) is 16.9 Å². The molecule has 0 unspecified atom stereocenters. The second-order valence-electron chi connectivity index (χ2n) is 5.17. The van der Waals surface area contributed by atoms with Gasteiger partial charge in [0.15, 0.2) is 0 Å². The molecule has 0 saturated carbocycles. The third-order valence-electron chi connectivity index (χ3n) is 3.64. The van der Waals surface area contributed by atoms with E-state index in [1.54, 1.807) is 16.8 Å². The van der Waals surface area contributed by atoms with Crippen LogP contribution in [0, 0.1) is 13.8 Å². The monoisotopic (exact) mass is 307 g/mol. The second kappa shape index (κ2) is 5.61. The summed E-state index contributed by atoms with van der Waals surface area (Å²) in [6.07, 6.45) is 4.10. The van der Waals surface area contributed by atoms with Crippen LogP contribution in [0.3, 0.4) is 0 Å². The molecule has 0 radical (unpaired) electrons. The predicted molar refractivity (Wildman–Crippen MR) is 81.6 cm³/mol. The zero-order valence-corrected chi connectivity index (χ0v) is 13.3. The van der Waals surface area contributed by atoms with Crippen LogP contribution in [0.15, 0.2) is 11.7 Å². The Balaban J connectivity index is 1.75. The van der Waals surface area contributed by atoms with Gasteiger partial charge in [-0.3, -0.25) is 4.79 Å². The first-order valence-corrected chi connectivity index (χ1v) is 8.46. The van der Waals surface area contributed by atoms with Crippen LogP contribution in [0.5, 0.6) is 0 Å². The molecule has 6 heteroatoms. The van der Waals surface area contributed by atoms with Crippen LogP contribution in [0.2, 0.25) is 0 Å². The number of aromatic nitrogens is 2. The summed E-state index contributed by atoms with van der Waals surface area (Å²) in [6, 6.07) is 0. The molecule has 0 N–H and O–H groups in total. The number of likely N-dealkylation sites (tertiary alicyclic amines) is 1. The van der Waals surface area contributed by atoms with Crippen LogP contribution in [0.25, 0.3) is 0 Å². The molecule has 3 heterocycles. The fourth-order valence-electron chi connectivity index (χ4n) is 2.57. The van der Waals surface area contributed by atoms with Crippen molar-refractivity contribution < 1.29 is 4.79 Å². The first kappa shape index (κ1) is 13.7. The molecule has 2 aromatic heterocycles. The summed E-state index contributed by atoms with van der Waals surface area (Å²) < 4.78 is 0. The molecule has 106 valence electrons. The molecule has 1 amide bonds. The Kier molecular flexibility index (Phi) is 3.85. The molecule has 0 aromatic carbocycles. The molecule has 4 nitrogen and oxygen atoms in total. The smallest absolute Gasteiger partial charge is 0.265 e. The van der Waals surface area contributed by atoms with Crippen molar-refractivity contribution in [2.24, 2.45) is 0 Å². The predicted octanol–water partition coefficient (Wildman–Crippen LogP) is 3.24. The SMILES string of the molecule is Cc1cnc([C@H]2CCCN(C(=O)c3scnc3C)C2)s1.